The average molecular weight is 234 g/mol. The molecule has 1 saturated heterocycles. The molecule has 1 aliphatic carbocycles. The summed E-state index contributed by atoms with van der Waals surface area (Å²) in [5.74, 6) is 0. The van der Waals surface area contributed by atoms with E-state index in [4.69, 9.17) is 5.11 Å². The van der Waals surface area contributed by atoms with E-state index in [1.54, 1.807) is 6.92 Å². The smallest absolute Gasteiger partial charge is 0.0402 e. The first kappa shape index (κ1) is 18.2. The predicted molar refractivity (Wildman–Crippen MR) is 69.8 cm³/mol. The monoisotopic (exact) mass is 234 g/mol. The molecule has 0 aromatic heterocycles. The number of rotatable bonds is 0. The molecule has 2 aliphatic rings. The first-order valence-electron chi connectivity index (χ1n) is 6.44. The van der Waals surface area contributed by atoms with E-state index < -0.39 is 0 Å². The third-order valence-electron chi connectivity index (χ3n) is 2.46. The van der Waals surface area contributed by atoms with Gasteiger partial charge < -0.3 is 21.2 Å². The molecule has 0 radical (unpaired) electrons. The molecular weight excluding hydrogens is 204 g/mol. The van der Waals surface area contributed by atoms with Gasteiger partial charge in [-0.1, -0.05) is 38.5 Å². The zero-order valence-corrected chi connectivity index (χ0v) is 10.7. The molecule has 0 amide bonds. The second-order valence-electron chi connectivity index (χ2n) is 3.94. The van der Waals surface area contributed by atoms with E-state index in [-0.39, 0.29) is 12.1 Å². The molecule has 0 unspecified atom stereocenters. The topological polar surface area (TPSA) is 75.8 Å². The minimum absolute atomic E-state index is 0. The van der Waals surface area contributed by atoms with Gasteiger partial charge in [-0.2, -0.15) is 0 Å². The Labute approximate surface area is 100 Å². The summed E-state index contributed by atoms with van der Waals surface area (Å²) >= 11 is 0. The Morgan fingerprint density at radius 2 is 0.938 bits per heavy atom. The Hall–Kier alpha value is -0.160. The molecule has 2 fully saturated rings. The lowest BCUT2D eigenvalue weighted by Gasteiger charge is -2.11. The second kappa shape index (κ2) is 17.2. The highest BCUT2D eigenvalue weighted by molar-refractivity contribution is 4.59. The van der Waals surface area contributed by atoms with Crippen LogP contribution in [0.2, 0.25) is 0 Å². The third-order valence-corrected chi connectivity index (χ3v) is 2.46. The quantitative estimate of drug-likeness (QED) is 0.577. The normalized spacial score (nSPS) is 19.1. The minimum atomic E-state index is 0. The summed E-state index contributed by atoms with van der Waals surface area (Å²) in [6.45, 7) is 6.49. The lowest BCUT2D eigenvalue weighted by Crippen LogP contribution is -2.39. The largest absolute Gasteiger partial charge is 0.412 e. The summed E-state index contributed by atoms with van der Waals surface area (Å²) < 4.78 is 0. The highest BCUT2D eigenvalue weighted by Crippen LogP contribution is 2.15. The van der Waals surface area contributed by atoms with Gasteiger partial charge in [0.1, 0.15) is 0 Å². The van der Waals surface area contributed by atoms with Gasteiger partial charge in [-0.15, -0.1) is 0 Å². The third kappa shape index (κ3) is 16.3. The number of hydrogen-bond acceptors (Lipinski definition) is 3. The molecule has 100 valence electrons. The van der Waals surface area contributed by atoms with Crippen LogP contribution in [0.25, 0.3) is 0 Å². The van der Waals surface area contributed by atoms with Crippen molar-refractivity contribution in [3.05, 3.63) is 0 Å². The Bertz CT molecular complexity index is 70.2. The van der Waals surface area contributed by atoms with Crippen LogP contribution in [-0.4, -0.2) is 43.4 Å². The highest BCUT2D eigenvalue weighted by Gasteiger charge is 1.95. The molecule has 1 saturated carbocycles. The van der Waals surface area contributed by atoms with E-state index in [0.717, 1.165) is 26.2 Å². The maximum absolute atomic E-state index is 7.57. The predicted octanol–water partition coefficient (Wildman–Crippen LogP) is 0.694. The first-order valence-corrected chi connectivity index (χ1v) is 6.44. The lowest BCUT2D eigenvalue weighted by atomic mass is 10.0. The van der Waals surface area contributed by atoms with E-state index in [0.29, 0.717) is 0 Å². The van der Waals surface area contributed by atoms with Gasteiger partial charge in [0, 0.05) is 32.8 Å². The zero-order valence-electron chi connectivity index (χ0n) is 10.7. The molecule has 16 heavy (non-hydrogen) atoms. The standard InChI is InChI=1S/C6H12.C4H10N2.C2H6O.H2O/c1-2-4-6-5-3-1;1-2-6-4-3-5-1;1-2-3;/h1-6H2;5-6H,1-4H2;3H,2H2,1H3;1H2. The molecule has 0 spiro atoms. The molecule has 2 rings (SSSR count). The first-order chi connectivity index (χ1) is 7.41. The average Bonchev–Trinajstić information content (AvgIpc) is 2.35. The van der Waals surface area contributed by atoms with Crippen LogP contribution in [0.15, 0.2) is 0 Å². The van der Waals surface area contributed by atoms with E-state index in [9.17, 15) is 0 Å². The van der Waals surface area contributed by atoms with Crippen LogP contribution < -0.4 is 10.6 Å². The summed E-state index contributed by atoms with van der Waals surface area (Å²) in [4.78, 5) is 0. The van der Waals surface area contributed by atoms with E-state index in [1.807, 2.05) is 0 Å². The fourth-order valence-corrected chi connectivity index (χ4v) is 1.66. The number of aliphatic hydroxyl groups is 1. The summed E-state index contributed by atoms with van der Waals surface area (Å²) in [7, 11) is 0. The van der Waals surface area contributed by atoms with Crippen molar-refractivity contribution in [3.63, 3.8) is 0 Å². The van der Waals surface area contributed by atoms with Crippen LogP contribution in [0.1, 0.15) is 45.4 Å². The second-order valence-corrected chi connectivity index (χ2v) is 3.94. The maximum atomic E-state index is 7.57. The van der Waals surface area contributed by atoms with E-state index >= 15 is 0 Å². The molecule has 0 aromatic carbocycles. The van der Waals surface area contributed by atoms with Gasteiger partial charge >= 0.3 is 0 Å². The van der Waals surface area contributed by atoms with Crippen LogP contribution in [0, 0.1) is 0 Å². The maximum Gasteiger partial charge on any atom is 0.0402 e. The van der Waals surface area contributed by atoms with Crippen molar-refractivity contribution < 1.29 is 10.6 Å². The van der Waals surface area contributed by atoms with Gasteiger partial charge in [0.2, 0.25) is 0 Å². The van der Waals surface area contributed by atoms with Crippen LogP contribution in [-0.2, 0) is 0 Å². The van der Waals surface area contributed by atoms with Crippen molar-refractivity contribution >= 4 is 0 Å². The fourth-order valence-electron chi connectivity index (χ4n) is 1.66. The molecule has 4 nitrogen and oxygen atoms in total. The Kier molecular flexibility index (Phi) is 19.6. The van der Waals surface area contributed by atoms with Crippen molar-refractivity contribution in [2.45, 2.75) is 45.4 Å². The lowest BCUT2D eigenvalue weighted by molar-refractivity contribution is 0.318. The Morgan fingerprint density at radius 1 is 0.750 bits per heavy atom. The van der Waals surface area contributed by atoms with Gasteiger partial charge in [-0.25, -0.2) is 0 Å². The number of piperazine rings is 1. The van der Waals surface area contributed by atoms with Crippen LogP contribution in [0.4, 0.5) is 0 Å². The molecule has 4 heteroatoms. The zero-order chi connectivity index (χ0) is 11.2. The SMILES string of the molecule is C1CCCCC1.C1CNCCN1.CCO.O. The fraction of sp³-hybridized carbons (Fsp3) is 1.00. The van der Waals surface area contributed by atoms with Crippen molar-refractivity contribution in [2.24, 2.45) is 0 Å². The molecule has 1 heterocycles. The molecular formula is C12H30N2O2. The van der Waals surface area contributed by atoms with Crippen molar-refractivity contribution in [2.75, 3.05) is 32.8 Å². The molecule has 5 N–H and O–H groups in total. The summed E-state index contributed by atoms with van der Waals surface area (Å²) in [6, 6.07) is 0. The van der Waals surface area contributed by atoms with Crippen LogP contribution in [0.5, 0.6) is 0 Å². The van der Waals surface area contributed by atoms with Gasteiger partial charge in [-0.3, -0.25) is 0 Å². The van der Waals surface area contributed by atoms with Crippen LogP contribution >= 0.6 is 0 Å². The van der Waals surface area contributed by atoms with Gasteiger partial charge in [0.15, 0.2) is 0 Å². The van der Waals surface area contributed by atoms with Crippen molar-refractivity contribution in [1.29, 1.82) is 0 Å². The van der Waals surface area contributed by atoms with E-state index in [1.165, 1.54) is 38.5 Å². The van der Waals surface area contributed by atoms with Crippen LogP contribution in [0.3, 0.4) is 0 Å². The summed E-state index contributed by atoms with van der Waals surface area (Å²) in [5.41, 5.74) is 0. The van der Waals surface area contributed by atoms with Gasteiger partial charge in [-0.05, 0) is 6.92 Å². The number of hydrogen-bond donors (Lipinski definition) is 3. The minimum Gasteiger partial charge on any atom is -0.412 e. The summed E-state index contributed by atoms with van der Waals surface area (Å²) in [6.07, 6.45) is 9.00. The molecule has 0 aromatic rings. The van der Waals surface area contributed by atoms with Crippen molar-refractivity contribution in [3.8, 4) is 0 Å². The summed E-state index contributed by atoms with van der Waals surface area (Å²) in [5, 5.41) is 14.0. The van der Waals surface area contributed by atoms with Gasteiger partial charge in [0.05, 0.1) is 0 Å². The van der Waals surface area contributed by atoms with Gasteiger partial charge in [0.25, 0.3) is 0 Å². The number of aliphatic hydroxyl groups excluding tert-OH is 1. The molecule has 0 bridgehead atoms. The molecule has 0 atom stereocenters. The molecule has 1 aliphatic heterocycles. The Morgan fingerprint density at radius 3 is 1.06 bits per heavy atom. The highest BCUT2D eigenvalue weighted by atomic mass is 16.2. The Balaban J connectivity index is 0. The van der Waals surface area contributed by atoms with Crippen molar-refractivity contribution in [1.82, 2.24) is 10.6 Å². The van der Waals surface area contributed by atoms with E-state index in [2.05, 4.69) is 10.6 Å². The number of nitrogens with one attached hydrogen (secondary N) is 2.